The highest BCUT2D eigenvalue weighted by atomic mass is 35.5. The van der Waals surface area contributed by atoms with Crippen LogP contribution in [0.4, 0.5) is 19.4 Å². The van der Waals surface area contributed by atoms with Crippen LogP contribution in [0.15, 0.2) is 34.9 Å². The van der Waals surface area contributed by atoms with Crippen molar-refractivity contribution in [3.8, 4) is 0 Å². The normalized spacial score (nSPS) is 21.6. The number of amides is 4. The van der Waals surface area contributed by atoms with Gasteiger partial charge in [0.25, 0.3) is 11.8 Å². The molecule has 2 aromatic rings. The van der Waals surface area contributed by atoms with Crippen LogP contribution in [0.25, 0.3) is 0 Å². The lowest BCUT2D eigenvalue weighted by molar-refractivity contribution is -0.143. The number of anilines is 1. The van der Waals surface area contributed by atoms with E-state index < -0.39 is 30.0 Å². The number of likely N-dealkylation sites (tertiary alicyclic amines) is 3. The van der Waals surface area contributed by atoms with Gasteiger partial charge in [-0.2, -0.15) is 0 Å². The average molecular weight is 666 g/mol. The van der Waals surface area contributed by atoms with Crippen molar-refractivity contribution in [3.05, 3.63) is 46.7 Å². The fourth-order valence-corrected chi connectivity index (χ4v) is 5.85. The number of benzene rings is 1. The Balaban J connectivity index is 0.000000222. The molecule has 0 spiro atoms. The molecular weight excluding hydrogens is 624 g/mol. The first-order chi connectivity index (χ1) is 21.7. The number of aliphatic carboxylic acids is 1. The van der Waals surface area contributed by atoms with E-state index in [1.54, 1.807) is 35.2 Å². The molecule has 14 heteroatoms. The number of hydrogen-bond donors (Lipinski definition) is 2. The monoisotopic (exact) mass is 665 g/mol. The van der Waals surface area contributed by atoms with E-state index in [0.29, 0.717) is 48.1 Å². The van der Waals surface area contributed by atoms with Crippen molar-refractivity contribution in [1.82, 2.24) is 19.9 Å². The first kappa shape index (κ1) is 35.1. The number of carbonyl (C=O) groups is 4. The molecule has 1 aromatic carbocycles. The Morgan fingerprint density at radius 1 is 0.935 bits per heavy atom. The van der Waals surface area contributed by atoms with Crippen LogP contribution in [0.2, 0.25) is 5.02 Å². The van der Waals surface area contributed by atoms with Gasteiger partial charge in [0.1, 0.15) is 17.8 Å². The molecule has 0 saturated carbocycles. The Labute approximate surface area is 272 Å². The lowest BCUT2D eigenvalue weighted by Gasteiger charge is -2.39. The van der Waals surface area contributed by atoms with Crippen molar-refractivity contribution in [1.29, 1.82) is 0 Å². The molecule has 3 saturated heterocycles. The third-order valence-corrected chi connectivity index (χ3v) is 8.71. The van der Waals surface area contributed by atoms with Crippen LogP contribution in [-0.2, 0) is 15.0 Å². The number of nitrogens with zero attached hydrogens (tertiary/aromatic N) is 4. The van der Waals surface area contributed by atoms with Crippen LogP contribution in [0.3, 0.4) is 0 Å². The molecule has 4 amide bonds. The Morgan fingerprint density at radius 2 is 1.52 bits per heavy atom. The molecule has 5 rings (SSSR count). The molecule has 2 atom stereocenters. The van der Waals surface area contributed by atoms with Gasteiger partial charge in [0.15, 0.2) is 5.82 Å². The Morgan fingerprint density at radius 3 is 2.09 bits per heavy atom. The number of hydrogen-bond acceptors (Lipinski definition) is 6. The second kappa shape index (κ2) is 14.8. The highest BCUT2D eigenvalue weighted by molar-refractivity contribution is 6.30. The minimum Gasteiger partial charge on any atom is -0.480 e. The van der Waals surface area contributed by atoms with Crippen molar-refractivity contribution in [2.75, 3.05) is 31.5 Å². The number of urea groups is 1. The molecule has 0 aliphatic carbocycles. The summed E-state index contributed by atoms with van der Waals surface area (Å²) >= 11 is 5.90. The maximum absolute atomic E-state index is 13.0. The average Bonchev–Trinajstić information content (AvgIpc) is 3.50. The number of alkyl halides is 2. The lowest BCUT2D eigenvalue weighted by atomic mass is 9.93. The van der Waals surface area contributed by atoms with Gasteiger partial charge in [-0.3, -0.25) is 9.59 Å². The van der Waals surface area contributed by atoms with Crippen LogP contribution in [0.5, 0.6) is 0 Å². The summed E-state index contributed by atoms with van der Waals surface area (Å²) in [6.45, 7) is 6.95. The third kappa shape index (κ3) is 8.95. The molecule has 3 fully saturated rings. The summed E-state index contributed by atoms with van der Waals surface area (Å²) < 4.78 is 31.4. The second-order valence-corrected chi connectivity index (χ2v) is 13.4. The minimum absolute atomic E-state index is 0.00529. The fraction of sp³-hybridized carbons (Fsp3) is 0.594. The smallest absolute Gasteiger partial charge is 0.326 e. The summed E-state index contributed by atoms with van der Waals surface area (Å²) in [6, 6.07) is 6.69. The summed E-state index contributed by atoms with van der Waals surface area (Å²) in [7, 11) is 0. The standard InChI is InChI=1S/C20H24ClN3O3.C12H18F2N2O3/c1-20(2,3)16-12-17(23-27-16)22-18(25)15-6-4-5-11-24(15)19(26)13-7-9-14(21)10-8-13;13-12(14)4-7-15(8-5-12)11(19)16-6-2-1-3-9(16)10(17)18/h7-10,12,15H,4-6,11H2,1-3H3,(H,22,23,25);9H,1-8H2,(H,17,18)/t15-;9-/m00/s1. The fourth-order valence-electron chi connectivity index (χ4n) is 5.73. The number of nitrogens with one attached hydrogen (secondary N) is 1. The van der Waals surface area contributed by atoms with Crippen molar-refractivity contribution in [2.24, 2.45) is 0 Å². The Kier molecular flexibility index (Phi) is 11.3. The zero-order chi connectivity index (χ0) is 33.6. The van der Waals surface area contributed by atoms with E-state index in [2.05, 4.69) is 10.5 Å². The van der Waals surface area contributed by atoms with Crippen LogP contribution in [0, 0.1) is 0 Å². The number of carbonyl (C=O) groups excluding carboxylic acids is 3. The van der Waals surface area contributed by atoms with E-state index in [1.165, 1.54) is 9.80 Å². The minimum atomic E-state index is -2.70. The first-order valence-electron chi connectivity index (χ1n) is 15.7. The van der Waals surface area contributed by atoms with Crippen LogP contribution in [-0.4, -0.2) is 93.0 Å². The number of halogens is 3. The SMILES string of the molecule is CC(C)(C)c1cc(NC(=O)[C@@H]2CCCCN2C(=O)c2ccc(Cl)cc2)no1.O=C(O)[C@@H]1CCCCN1C(=O)N1CCC(F)(F)CC1. The zero-order valence-corrected chi connectivity index (χ0v) is 27.2. The summed E-state index contributed by atoms with van der Waals surface area (Å²) in [6.07, 6.45) is 3.68. The van der Waals surface area contributed by atoms with Crippen LogP contribution >= 0.6 is 11.6 Å². The lowest BCUT2D eigenvalue weighted by Crippen LogP contribution is -2.55. The van der Waals surface area contributed by atoms with Crippen LogP contribution in [0.1, 0.15) is 88.3 Å². The van der Waals surface area contributed by atoms with Gasteiger partial charge in [-0.05, 0) is 62.8 Å². The molecule has 252 valence electrons. The predicted molar refractivity (Wildman–Crippen MR) is 167 cm³/mol. The molecule has 0 unspecified atom stereocenters. The highest BCUT2D eigenvalue weighted by Gasteiger charge is 2.40. The quantitative estimate of drug-likeness (QED) is 0.407. The molecule has 46 heavy (non-hydrogen) atoms. The number of carboxylic acids is 1. The number of rotatable bonds is 4. The number of carboxylic acid groups (broad SMARTS) is 1. The maximum atomic E-state index is 13.0. The van der Waals surface area contributed by atoms with Crippen LogP contribution < -0.4 is 5.32 Å². The van der Waals surface area contributed by atoms with Gasteiger partial charge in [-0.25, -0.2) is 18.4 Å². The third-order valence-electron chi connectivity index (χ3n) is 8.46. The van der Waals surface area contributed by atoms with Gasteiger partial charge in [0.2, 0.25) is 5.91 Å². The van der Waals surface area contributed by atoms with Gasteiger partial charge in [0.05, 0.1) is 0 Å². The van der Waals surface area contributed by atoms with E-state index in [1.807, 2.05) is 20.8 Å². The van der Waals surface area contributed by atoms with Gasteiger partial charge in [-0.1, -0.05) is 37.5 Å². The van der Waals surface area contributed by atoms with Gasteiger partial charge < -0.3 is 29.6 Å². The highest BCUT2D eigenvalue weighted by Crippen LogP contribution is 2.30. The molecule has 1 aromatic heterocycles. The van der Waals surface area contributed by atoms with E-state index in [0.717, 1.165) is 25.7 Å². The van der Waals surface area contributed by atoms with Crippen molar-refractivity contribution >= 4 is 41.2 Å². The van der Waals surface area contributed by atoms with E-state index >= 15 is 0 Å². The van der Waals surface area contributed by atoms with Crippen molar-refractivity contribution < 1.29 is 37.6 Å². The summed E-state index contributed by atoms with van der Waals surface area (Å²) in [5.41, 5.74) is 0.327. The largest absolute Gasteiger partial charge is 0.480 e. The van der Waals surface area contributed by atoms with Crippen molar-refractivity contribution in [2.45, 2.75) is 95.6 Å². The predicted octanol–water partition coefficient (Wildman–Crippen LogP) is 6.04. The summed E-state index contributed by atoms with van der Waals surface area (Å²) in [5.74, 6) is -3.07. The van der Waals surface area contributed by atoms with Gasteiger partial charge in [-0.15, -0.1) is 0 Å². The molecule has 3 aliphatic heterocycles. The molecule has 4 heterocycles. The molecular formula is C32H42ClF2N5O6. The molecule has 0 radical (unpaired) electrons. The van der Waals surface area contributed by atoms with E-state index in [4.69, 9.17) is 21.2 Å². The Hall–Kier alpha value is -3.74. The number of piperidine rings is 3. The first-order valence-corrected chi connectivity index (χ1v) is 16.0. The second-order valence-electron chi connectivity index (χ2n) is 13.0. The molecule has 3 aliphatic rings. The van der Waals surface area contributed by atoms with Crippen molar-refractivity contribution in [3.63, 3.8) is 0 Å². The Bertz CT molecular complexity index is 1390. The van der Waals surface area contributed by atoms with Gasteiger partial charge >= 0.3 is 12.0 Å². The molecule has 11 nitrogen and oxygen atoms in total. The van der Waals surface area contributed by atoms with E-state index in [9.17, 15) is 28.0 Å². The molecule has 2 N–H and O–H groups in total. The number of aromatic nitrogens is 1. The zero-order valence-electron chi connectivity index (χ0n) is 26.4. The maximum Gasteiger partial charge on any atom is 0.326 e. The summed E-state index contributed by atoms with van der Waals surface area (Å²) in [5, 5.41) is 16.4. The van der Waals surface area contributed by atoms with E-state index in [-0.39, 0.29) is 43.2 Å². The van der Waals surface area contributed by atoms with Gasteiger partial charge in [0, 0.05) is 61.1 Å². The summed E-state index contributed by atoms with van der Waals surface area (Å²) in [4.78, 5) is 53.3. The molecule has 0 bridgehead atoms. The topological polar surface area (TPSA) is 136 Å².